The van der Waals surface area contributed by atoms with Crippen molar-refractivity contribution in [2.24, 2.45) is 5.73 Å². The number of carbonyl (C=O) groups excluding carboxylic acids is 1. The Hall–Kier alpha value is 0.370. The zero-order chi connectivity index (χ0) is 4.28. The fourth-order valence-electron chi connectivity index (χ4n) is 0. The molecule has 0 heterocycles. The molecule has 0 saturated heterocycles. The molecule has 2 N–H and O–H groups in total. The second kappa shape index (κ2) is 2.60. The van der Waals surface area contributed by atoms with Crippen molar-refractivity contribution in [3.05, 3.63) is 0 Å². The van der Waals surface area contributed by atoms with Gasteiger partial charge in [-0.2, -0.15) is 0 Å². The van der Waals surface area contributed by atoms with Gasteiger partial charge in [-0.1, -0.05) is 0 Å². The molecule has 0 fully saturated rings. The Morgan fingerprint density at radius 1 is 2.00 bits per heavy atom. The number of hydrogen-bond acceptors (Lipinski definition) is 2. The summed E-state index contributed by atoms with van der Waals surface area (Å²) in [5, 5.41) is 0. The molecule has 0 aliphatic heterocycles. The zero-order valence-electron chi connectivity index (χ0n) is 2.49. The first kappa shape index (κ1) is 5.37. The molecular weight excluding hydrogens is 251 g/mol. The Labute approximate surface area is 42.6 Å². The summed E-state index contributed by atoms with van der Waals surface area (Å²) >= 11 is 1.80. The summed E-state index contributed by atoms with van der Waals surface area (Å²) in [4.78, 5) is 9.66. The monoisotopic (exact) mass is 255 g/mol. The molecule has 0 radical (unpaired) electrons. The van der Waals surface area contributed by atoms with Crippen molar-refractivity contribution >= 4 is 4.00 Å². The van der Waals surface area contributed by atoms with Crippen molar-refractivity contribution in [1.82, 2.24) is 0 Å². The molecule has 5 heavy (non-hydrogen) atoms. The summed E-state index contributed by atoms with van der Waals surface area (Å²) in [5.41, 5.74) is 4.81. The van der Waals surface area contributed by atoms with Gasteiger partial charge in [0.25, 0.3) is 0 Å². The van der Waals surface area contributed by atoms with Crippen LogP contribution in [0.2, 0.25) is 0 Å². The number of rotatable bonds is 1. The van der Waals surface area contributed by atoms with E-state index in [9.17, 15) is 4.79 Å². The van der Waals surface area contributed by atoms with Crippen LogP contribution in [0.25, 0.3) is 0 Å². The number of hydrogen-bond donors (Lipinski definition) is 1. The Kier molecular flexibility index (Phi) is 2.79. The molecule has 0 spiro atoms. The van der Waals surface area contributed by atoms with E-state index in [4.69, 9.17) is 5.73 Å². The molecular formula is C2H4AuNO. The van der Waals surface area contributed by atoms with E-state index in [2.05, 4.69) is 0 Å². The van der Waals surface area contributed by atoms with Crippen LogP contribution in [0, 0.1) is 0 Å². The SMILES string of the molecule is NC[C](=O)[Au]. The van der Waals surface area contributed by atoms with E-state index in [1.807, 2.05) is 0 Å². The molecule has 0 aliphatic carbocycles. The molecule has 0 aromatic rings. The van der Waals surface area contributed by atoms with Gasteiger partial charge < -0.3 is 0 Å². The third-order valence-electron chi connectivity index (χ3n) is 0.145. The standard InChI is InChI=1S/C2H4NO.Au/c3-1-2-4;/h1,3H2;. The fourth-order valence-corrected chi connectivity index (χ4v) is 0. The van der Waals surface area contributed by atoms with Crippen LogP contribution in [0.4, 0.5) is 0 Å². The first-order chi connectivity index (χ1) is 2.27. The van der Waals surface area contributed by atoms with Crippen LogP contribution < -0.4 is 5.73 Å². The van der Waals surface area contributed by atoms with Crippen molar-refractivity contribution in [3.63, 3.8) is 0 Å². The van der Waals surface area contributed by atoms with Crippen LogP contribution in [0.5, 0.6) is 0 Å². The summed E-state index contributed by atoms with van der Waals surface area (Å²) in [7, 11) is 0. The Balaban J connectivity index is 2.85. The van der Waals surface area contributed by atoms with E-state index in [0.717, 1.165) is 0 Å². The van der Waals surface area contributed by atoms with Crippen LogP contribution in [0.15, 0.2) is 0 Å². The molecule has 3 heteroatoms. The molecule has 0 aromatic carbocycles. The molecule has 0 atom stereocenters. The molecule has 0 amide bonds. The van der Waals surface area contributed by atoms with Crippen molar-refractivity contribution in [2.45, 2.75) is 0 Å². The summed E-state index contributed by atoms with van der Waals surface area (Å²) in [6.07, 6.45) is 0. The van der Waals surface area contributed by atoms with Crippen LogP contribution in [0.1, 0.15) is 0 Å². The van der Waals surface area contributed by atoms with E-state index in [0.29, 0.717) is 0 Å². The average molecular weight is 255 g/mol. The van der Waals surface area contributed by atoms with Gasteiger partial charge in [0.15, 0.2) is 0 Å². The predicted octanol–water partition coefficient (Wildman–Crippen LogP) is -0.982. The molecule has 0 aliphatic rings. The van der Waals surface area contributed by atoms with E-state index < -0.39 is 0 Å². The second-order valence-electron chi connectivity index (χ2n) is 0.517. The van der Waals surface area contributed by atoms with Gasteiger partial charge in [0.1, 0.15) is 0 Å². The number of nitrogens with two attached hydrogens (primary N) is 1. The van der Waals surface area contributed by atoms with Gasteiger partial charge in [0, 0.05) is 0 Å². The van der Waals surface area contributed by atoms with E-state index >= 15 is 0 Å². The normalized spacial score (nSPS) is 7.80. The van der Waals surface area contributed by atoms with Crippen LogP contribution in [-0.4, -0.2) is 10.5 Å². The van der Waals surface area contributed by atoms with Gasteiger partial charge in [0.05, 0.1) is 0 Å². The second-order valence-corrected chi connectivity index (χ2v) is 1.72. The quantitative estimate of drug-likeness (QED) is 0.612. The molecule has 0 unspecified atom stereocenters. The van der Waals surface area contributed by atoms with Crippen LogP contribution in [-0.2, 0) is 25.9 Å². The Morgan fingerprint density at radius 3 is 2.20 bits per heavy atom. The minimum absolute atomic E-state index is 0.0231. The van der Waals surface area contributed by atoms with Gasteiger partial charge >= 0.3 is 42.1 Å². The third kappa shape index (κ3) is 4.37. The number of carbonyl (C=O) groups is 1. The van der Waals surface area contributed by atoms with Gasteiger partial charge in [-0.15, -0.1) is 0 Å². The summed E-state index contributed by atoms with van der Waals surface area (Å²) in [6, 6.07) is 0. The van der Waals surface area contributed by atoms with Crippen molar-refractivity contribution in [2.75, 3.05) is 6.54 Å². The zero-order valence-corrected chi connectivity index (χ0v) is 4.66. The van der Waals surface area contributed by atoms with Gasteiger partial charge in [-0.3, -0.25) is 0 Å². The van der Waals surface area contributed by atoms with E-state index in [-0.39, 0.29) is 10.5 Å². The molecule has 2 nitrogen and oxygen atoms in total. The Morgan fingerprint density at radius 2 is 2.20 bits per heavy atom. The first-order valence-corrected chi connectivity index (χ1v) is 2.20. The fraction of sp³-hybridized carbons (Fsp3) is 0.500. The van der Waals surface area contributed by atoms with E-state index in [1.54, 1.807) is 21.1 Å². The molecule has 0 rings (SSSR count). The van der Waals surface area contributed by atoms with Crippen molar-refractivity contribution in [3.8, 4) is 0 Å². The summed E-state index contributed by atoms with van der Waals surface area (Å²) < 4.78 is -0.0231. The summed E-state index contributed by atoms with van der Waals surface area (Å²) in [5.74, 6) is 0. The average Bonchev–Trinajstić information content (AvgIpc) is 1.38. The third-order valence-corrected chi connectivity index (χ3v) is 0.587. The van der Waals surface area contributed by atoms with Crippen LogP contribution >= 0.6 is 0 Å². The van der Waals surface area contributed by atoms with Crippen LogP contribution in [0.3, 0.4) is 0 Å². The summed E-state index contributed by atoms with van der Waals surface area (Å²) in [6.45, 7) is 0.142. The predicted molar refractivity (Wildman–Crippen MR) is 14.1 cm³/mol. The first-order valence-electron chi connectivity index (χ1n) is 1.12. The van der Waals surface area contributed by atoms with Crippen molar-refractivity contribution in [1.29, 1.82) is 0 Å². The molecule has 34 valence electrons. The van der Waals surface area contributed by atoms with Gasteiger partial charge in [-0.25, -0.2) is 0 Å². The Bertz CT molecular complexity index is 44.9. The topological polar surface area (TPSA) is 43.1 Å². The maximum absolute atomic E-state index is 9.66. The molecule has 0 bridgehead atoms. The van der Waals surface area contributed by atoms with Crippen molar-refractivity contribution < 1.29 is 25.9 Å². The molecule has 0 saturated carbocycles. The van der Waals surface area contributed by atoms with Gasteiger partial charge in [-0.05, 0) is 0 Å². The molecule has 0 aromatic heterocycles. The minimum atomic E-state index is -0.0231. The van der Waals surface area contributed by atoms with Gasteiger partial charge in [0.2, 0.25) is 0 Å². The maximum atomic E-state index is 9.66. The van der Waals surface area contributed by atoms with E-state index in [1.165, 1.54) is 0 Å².